The number of nitrogens with zero attached hydrogens (tertiary/aromatic N) is 2. The van der Waals surface area contributed by atoms with Gasteiger partial charge in [-0.15, -0.1) is 11.3 Å². The highest BCUT2D eigenvalue weighted by atomic mass is 127. The van der Waals surface area contributed by atoms with Crippen LogP contribution in [0.4, 0.5) is 5.82 Å². The van der Waals surface area contributed by atoms with Gasteiger partial charge in [-0.2, -0.15) is 0 Å². The predicted molar refractivity (Wildman–Crippen MR) is 84.3 cm³/mol. The molecule has 0 fully saturated rings. The SMILES string of the molecule is CC(C)c1nc(-c2sccc2Br)nc(N)c1I. The quantitative estimate of drug-likeness (QED) is 0.733. The largest absolute Gasteiger partial charge is 0.383 e. The smallest absolute Gasteiger partial charge is 0.173 e. The fourth-order valence-electron chi connectivity index (χ4n) is 1.42. The Labute approximate surface area is 126 Å². The van der Waals surface area contributed by atoms with Crippen molar-refractivity contribution in [3.8, 4) is 10.7 Å². The molecular formula is C11H11BrIN3S. The summed E-state index contributed by atoms with van der Waals surface area (Å²) in [6.07, 6.45) is 0. The standard InChI is InChI=1S/C11H11BrIN3S/c1-5(2)8-7(13)10(14)16-11(15-8)9-6(12)3-4-17-9/h3-5H,1-2H3,(H2,14,15,16). The lowest BCUT2D eigenvalue weighted by Crippen LogP contribution is -2.06. The molecule has 2 rings (SSSR count). The third kappa shape index (κ3) is 2.63. The lowest BCUT2D eigenvalue weighted by atomic mass is 10.1. The maximum atomic E-state index is 5.95. The van der Waals surface area contributed by atoms with E-state index in [1.165, 1.54) is 0 Å². The molecule has 2 N–H and O–H groups in total. The Morgan fingerprint density at radius 3 is 2.65 bits per heavy atom. The van der Waals surface area contributed by atoms with Crippen molar-refractivity contribution in [1.29, 1.82) is 0 Å². The molecule has 17 heavy (non-hydrogen) atoms. The monoisotopic (exact) mass is 423 g/mol. The molecule has 0 aromatic carbocycles. The van der Waals surface area contributed by atoms with Crippen LogP contribution in [0.2, 0.25) is 0 Å². The first-order valence-corrected chi connectivity index (χ1v) is 7.82. The van der Waals surface area contributed by atoms with E-state index in [0.29, 0.717) is 17.6 Å². The van der Waals surface area contributed by atoms with Gasteiger partial charge in [-0.1, -0.05) is 13.8 Å². The van der Waals surface area contributed by atoms with E-state index < -0.39 is 0 Å². The van der Waals surface area contributed by atoms with Gasteiger partial charge in [0.15, 0.2) is 5.82 Å². The maximum Gasteiger partial charge on any atom is 0.173 e. The molecule has 0 amide bonds. The number of hydrogen-bond donors (Lipinski definition) is 1. The van der Waals surface area contributed by atoms with Crippen molar-refractivity contribution in [1.82, 2.24) is 9.97 Å². The second kappa shape index (κ2) is 5.19. The summed E-state index contributed by atoms with van der Waals surface area (Å²) in [7, 11) is 0. The number of rotatable bonds is 2. The highest BCUT2D eigenvalue weighted by Gasteiger charge is 2.16. The van der Waals surface area contributed by atoms with Crippen molar-refractivity contribution in [3.63, 3.8) is 0 Å². The number of hydrogen-bond acceptors (Lipinski definition) is 4. The summed E-state index contributed by atoms with van der Waals surface area (Å²) in [5.41, 5.74) is 6.95. The van der Waals surface area contributed by atoms with Crippen molar-refractivity contribution in [3.05, 3.63) is 25.2 Å². The average Bonchev–Trinajstić information content (AvgIpc) is 2.68. The second-order valence-corrected chi connectivity index (χ2v) is 6.73. The van der Waals surface area contributed by atoms with Gasteiger partial charge in [-0.05, 0) is 55.9 Å². The van der Waals surface area contributed by atoms with Crippen molar-refractivity contribution >= 4 is 55.7 Å². The Bertz CT molecular complexity index is 554. The molecule has 90 valence electrons. The maximum absolute atomic E-state index is 5.95. The number of aromatic nitrogens is 2. The molecule has 0 aliphatic rings. The molecule has 0 unspecified atom stereocenters. The molecule has 0 radical (unpaired) electrons. The summed E-state index contributed by atoms with van der Waals surface area (Å²) in [6.45, 7) is 4.22. The van der Waals surface area contributed by atoms with E-state index >= 15 is 0 Å². The van der Waals surface area contributed by atoms with Crippen LogP contribution in [0.1, 0.15) is 25.5 Å². The normalized spacial score (nSPS) is 11.1. The first-order valence-electron chi connectivity index (χ1n) is 5.07. The van der Waals surface area contributed by atoms with Gasteiger partial charge in [-0.25, -0.2) is 9.97 Å². The van der Waals surface area contributed by atoms with Crippen molar-refractivity contribution < 1.29 is 0 Å². The van der Waals surface area contributed by atoms with Crippen LogP contribution in [-0.2, 0) is 0 Å². The van der Waals surface area contributed by atoms with Gasteiger partial charge < -0.3 is 5.73 Å². The first-order chi connectivity index (χ1) is 8.00. The molecular weight excluding hydrogens is 413 g/mol. The molecule has 0 atom stereocenters. The van der Waals surface area contributed by atoms with Crippen molar-refractivity contribution in [2.24, 2.45) is 0 Å². The molecule has 0 saturated heterocycles. The zero-order valence-electron chi connectivity index (χ0n) is 9.37. The van der Waals surface area contributed by atoms with Crippen LogP contribution >= 0.6 is 49.9 Å². The molecule has 0 aliphatic carbocycles. The predicted octanol–water partition coefficient (Wildman–Crippen LogP) is 4.28. The summed E-state index contributed by atoms with van der Waals surface area (Å²) < 4.78 is 1.96. The summed E-state index contributed by atoms with van der Waals surface area (Å²) >= 11 is 7.31. The molecule has 2 aromatic rings. The zero-order valence-corrected chi connectivity index (χ0v) is 13.9. The average molecular weight is 424 g/mol. The number of anilines is 1. The molecule has 0 aliphatic heterocycles. The van der Waals surface area contributed by atoms with Crippen molar-refractivity contribution in [2.75, 3.05) is 5.73 Å². The molecule has 3 nitrogen and oxygen atoms in total. The number of nitrogen functional groups attached to an aromatic ring is 1. The van der Waals surface area contributed by atoms with Crippen LogP contribution in [0.3, 0.4) is 0 Å². The van der Waals surface area contributed by atoms with Crippen LogP contribution < -0.4 is 5.73 Å². The molecule has 2 aromatic heterocycles. The van der Waals surface area contributed by atoms with E-state index in [-0.39, 0.29) is 0 Å². The van der Waals surface area contributed by atoms with Crippen molar-refractivity contribution in [2.45, 2.75) is 19.8 Å². The van der Waals surface area contributed by atoms with E-state index in [1.54, 1.807) is 11.3 Å². The molecule has 0 bridgehead atoms. The van der Waals surface area contributed by atoms with Gasteiger partial charge in [0.1, 0.15) is 5.82 Å². The molecule has 2 heterocycles. The highest BCUT2D eigenvalue weighted by Crippen LogP contribution is 2.33. The highest BCUT2D eigenvalue weighted by molar-refractivity contribution is 14.1. The minimum Gasteiger partial charge on any atom is -0.383 e. The van der Waals surface area contributed by atoms with E-state index in [0.717, 1.165) is 18.6 Å². The van der Waals surface area contributed by atoms with E-state index in [1.807, 2.05) is 11.4 Å². The van der Waals surface area contributed by atoms with Crippen LogP contribution in [0.5, 0.6) is 0 Å². The Morgan fingerprint density at radius 2 is 2.12 bits per heavy atom. The van der Waals surface area contributed by atoms with E-state index in [9.17, 15) is 0 Å². The number of halogens is 2. The Morgan fingerprint density at radius 1 is 1.41 bits per heavy atom. The van der Waals surface area contributed by atoms with Gasteiger partial charge in [-0.3, -0.25) is 0 Å². The van der Waals surface area contributed by atoms with Gasteiger partial charge in [0.05, 0.1) is 14.1 Å². The lowest BCUT2D eigenvalue weighted by Gasteiger charge is -2.11. The fraction of sp³-hybridized carbons (Fsp3) is 0.273. The lowest BCUT2D eigenvalue weighted by molar-refractivity contribution is 0.810. The minimum atomic E-state index is 0.338. The Balaban J connectivity index is 2.61. The van der Waals surface area contributed by atoms with Gasteiger partial charge in [0, 0.05) is 4.47 Å². The fourth-order valence-corrected chi connectivity index (χ4v) is 3.77. The molecule has 0 saturated carbocycles. The van der Waals surface area contributed by atoms with Crippen LogP contribution in [0.15, 0.2) is 15.9 Å². The van der Waals surface area contributed by atoms with Gasteiger partial charge >= 0.3 is 0 Å². The topological polar surface area (TPSA) is 51.8 Å². The van der Waals surface area contributed by atoms with Crippen LogP contribution in [-0.4, -0.2) is 9.97 Å². The summed E-state index contributed by atoms with van der Waals surface area (Å²) in [4.78, 5) is 10.00. The minimum absolute atomic E-state index is 0.338. The third-order valence-electron chi connectivity index (χ3n) is 2.27. The number of thiophene rings is 1. The Hall–Kier alpha value is -0.210. The zero-order chi connectivity index (χ0) is 12.6. The molecule has 0 spiro atoms. The summed E-state index contributed by atoms with van der Waals surface area (Å²) in [5, 5.41) is 2.01. The van der Waals surface area contributed by atoms with Crippen LogP contribution in [0.25, 0.3) is 10.7 Å². The van der Waals surface area contributed by atoms with Crippen LogP contribution in [0, 0.1) is 3.57 Å². The first kappa shape index (κ1) is 13.2. The number of nitrogens with two attached hydrogens (primary N) is 1. The third-order valence-corrected chi connectivity index (χ3v) is 5.21. The molecule has 6 heteroatoms. The van der Waals surface area contributed by atoms with Gasteiger partial charge in [0.2, 0.25) is 0 Å². The van der Waals surface area contributed by atoms with Gasteiger partial charge in [0.25, 0.3) is 0 Å². The van der Waals surface area contributed by atoms with E-state index in [2.05, 4.69) is 62.3 Å². The summed E-state index contributed by atoms with van der Waals surface area (Å²) in [6, 6.07) is 1.99. The summed E-state index contributed by atoms with van der Waals surface area (Å²) in [5.74, 6) is 1.60. The van der Waals surface area contributed by atoms with E-state index in [4.69, 9.17) is 5.73 Å². The second-order valence-electron chi connectivity index (χ2n) is 3.88. The Kier molecular flexibility index (Phi) is 4.04.